The monoisotopic (exact) mass is 829 g/mol. The van der Waals surface area contributed by atoms with Gasteiger partial charge in [0.05, 0.1) is 38.2 Å². The Bertz CT molecular complexity index is 1470. The fourth-order valence-corrected chi connectivity index (χ4v) is 7.38. The van der Waals surface area contributed by atoms with Crippen molar-refractivity contribution in [3.8, 4) is 0 Å². The number of carbonyl (C=O) groups is 9. The van der Waals surface area contributed by atoms with Crippen molar-refractivity contribution in [2.75, 3.05) is 38.5 Å². The van der Waals surface area contributed by atoms with Gasteiger partial charge in [0.15, 0.2) is 5.96 Å². The highest BCUT2D eigenvalue weighted by Crippen LogP contribution is 2.33. The van der Waals surface area contributed by atoms with E-state index in [1.807, 2.05) is 17.1 Å². The van der Waals surface area contributed by atoms with E-state index >= 15 is 0 Å². The molecule has 0 aliphatic carbocycles. The molecule has 57 heavy (non-hydrogen) atoms. The van der Waals surface area contributed by atoms with E-state index in [0.717, 1.165) is 25.0 Å². The summed E-state index contributed by atoms with van der Waals surface area (Å²) >= 11 is 1.84. The molecule has 8 amide bonds. The predicted octanol–water partition coefficient (Wildman–Crippen LogP) is -4.32. The van der Waals surface area contributed by atoms with Gasteiger partial charge in [0.1, 0.15) is 18.1 Å². The van der Waals surface area contributed by atoms with Crippen molar-refractivity contribution in [1.29, 1.82) is 0 Å². The molecule has 2 fully saturated rings. The second kappa shape index (κ2) is 25.7. The Labute approximate surface area is 332 Å². The molecule has 2 rings (SSSR count). The van der Waals surface area contributed by atoms with Gasteiger partial charge in [-0.1, -0.05) is 12.8 Å². The SMILES string of the molecule is NC(N)=NCCC[C@H](NC(=O)CNC(=O)CCCCCNC(=O)CCCC[C@@H]1SC[C@@H]2NC(=O)N[C@@H]21)C(=O)NCC(=O)N[C@@H](CC(=O)O)C(=O)N[C@@H](CO)C(=O)O. The quantitative estimate of drug-likeness (QED) is 0.0154. The highest BCUT2D eigenvalue weighted by molar-refractivity contribution is 8.00. The lowest BCUT2D eigenvalue weighted by molar-refractivity contribution is -0.144. The van der Waals surface area contributed by atoms with E-state index in [2.05, 4.69) is 42.2 Å². The summed E-state index contributed by atoms with van der Waals surface area (Å²) < 4.78 is 0. The Balaban J connectivity index is 1.69. The van der Waals surface area contributed by atoms with Gasteiger partial charge in [-0.15, -0.1) is 0 Å². The smallest absolute Gasteiger partial charge is 0.328 e. The van der Waals surface area contributed by atoms with Gasteiger partial charge in [-0.25, -0.2) is 9.59 Å². The Morgan fingerprint density at radius 2 is 1.40 bits per heavy atom. The first-order valence-electron chi connectivity index (χ1n) is 18.6. The van der Waals surface area contributed by atoms with Crippen molar-refractivity contribution in [1.82, 2.24) is 42.5 Å². The lowest BCUT2D eigenvalue weighted by Crippen LogP contribution is -2.55. The van der Waals surface area contributed by atoms with Crippen LogP contribution in [0.1, 0.15) is 70.6 Å². The predicted molar refractivity (Wildman–Crippen MR) is 204 cm³/mol. The second-order valence-corrected chi connectivity index (χ2v) is 14.7. The zero-order valence-corrected chi connectivity index (χ0v) is 32.3. The van der Waals surface area contributed by atoms with Gasteiger partial charge in [-0.05, 0) is 38.5 Å². The normalized spacial score (nSPS) is 18.3. The molecule has 2 aliphatic rings. The molecule has 0 unspecified atom stereocenters. The first-order valence-corrected chi connectivity index (χ1v) is 19.6. The molecule has 6 atom stereocenters. The number of carboxylic acids is 2. The van der Waals surface area contributed by atoms with E-state index in [4.69, 9.17) is 26.8 Å². The number of fused-ring (bicyclic) bond motifs is 1. The molecule has 320 valence electrons. The van der Waals surface area contributed by atoms with Gasteiger partial charge in [-0.2, -0.15) is 11.8 Å². The molecule has 2 saturated heterocycles. The maximum absolute atomic E-state index is 12.9. The number of aliphatic hydroxyl groups is 1. The van der Waals surface area contributed by atoms with Crippen LogP contribution in [0.4, 0.5) is 4.79 Å². The number of amides is 8. The molecule has 0 spiro atoms. The van der Waals surface area contributed by atoms with Gasteiger partial charge >= 0.3 is 18.0 Å². The zero-order valence-electron chi connectivity index (χ0n) is 31.5. The number of carbonyl (C=O) groups excluding carboxylic acids is 7. The maximum atomic E-state index is 12.9. The standard InChI is InChI=1S/C33H55N11O12S/c34-32(35)37-12-6-7-18(29(52)39-15-26(49)41-19(13-27(50)51)30(53)42-20(16-45)31(54)55)40-25(48)14-38-24(47)9-2-1-5-11-36-23(46)10-4-3-8-22-28-21(17-57-22)43-33(56)44-28/h18-22,28,45H,1-17H2,(H,36,46)(H,38,47)(H,39,52)(H,40,48)(H,41,49)(H,42,53)(H,50,51)(H,54,55)(H4,34,35,37)(H2,43,44,56)/t18-,19-,20-,21-,22-,28-/m0/s1. The minimum absolute atomic E-state index is 0.00146. The van der Waals surface area contributed by atoms with Crippen LogP contribution in [0.25, 0.3) is 0 Å². The number of nitrogens with two attached hydrogens (primary N) is 2. The number of urea groups is 1. The van der Waals surface area contributed by atoms with E-state index in [-0.39, 0.29) is 55.8 Å². The largest absolute Gasteiger partial charge is 0.481 e. The summed E-state index contributed by atoms with van der Waals surface area (Å²) in [6, 6.07) is -4.53. The van der Waals surface area contributed by atoms with Crippen LogP contribution in [-0.4, -0.2) is 149 Å². The van der Waals surface area contributed by atoms with Gasteiger partial charge in [-0.3, -0.25) is 38.6 Å². The first kappa shape index (κ1) is 47.8. The Morgan fingerprint density at radius 1 is 0.754 bits per heavy atom. The molecule has 2 heterocycles. The molecule has 23 nitrogen and oxygen atoms in total. The minimum atomic E-state index is -1.76. The molecule has 0 bridgehead atoms. The summed E-state index contributed by atoms with van der Waals surface area (Å²) in [4.78, 5) is 113. The molecule has 24 heteroatoms. The Hall–Kier alpha value is -5.39. The van der Waals surface area contributed by atoms with Crippen molar-refractivity contribution >= 4 is 71.1 Å². The van der Waals surface area contributed by atoms with Gasteiger partial charge in [0.2, 0.25) is 35.4 Å². The zero-order chi connectivity index (χ0) is 42.3. The molecule has 0 saturated carbocycles. The number of nitrogens with zero attached hydrogens (tertiary/aromatic N) is 1. The third-order valence-corrected chi connectivity index (χ3v) is 10.3. The third-order valence-electron chi connectivity index (χ3n) is 8.78. The van der Waals surface area contributed by atoms with Crippen molar-refractivity contribution in [2.45, 2.75) is 106 Å². The van der Waals surface area contributed by atoms with Crippen molar-refractivity contribution < 1.29 is 58.5 Å². The van der Waals surface area contributed by atoms with Crippen LogP contribution in [0.3, 0.4) is 0 Å². The number of thioether (sulfide) groups is 1. The van der Waals surface area contributed by atoms with Crippen LogP contribution in [0, 0.1) is 0 Å². The summed E-state index contributed by atoms with van der Waals surface area (Å²) in [6.45, 7) is -1.67. The topological polar surface area (TPSA) is 375 Å². The fourth-order valence-electron chi connectivity index (χ4n) is 5.84. The van der Waals surface area contributed by atoms with Crippen LogP contribution < -0.4 is 54.0 Å². The summed E-state index contributed by atoms with van der Waals surface area (Å²) in [7, 11) is 0. The lowest BCUT2D eigenvalue weighted by Gasteiger charge is -2.21. The van der Waals surface area contributed by atoms with E-state index in [0.29, 0.717) is 37.5 Å². The Morgan fingerprint density at radius 3 is 2.05 bits per heavy atom. The number of hydrogen-bond acceptors (Lipinski definition) is 12. The number of guanidine groups is 1. The fraction of sp³-hybridized carbons (Fsp3) is 0.697. The number of nitrogens with one attached hydrogen (secondary N) is 8. The Kier molecular flexibility index (Phi) is 21.5. The molecular formula is C33H55N11O12S. The average molecular weight is 830 g/mol. The molecule has 0 aromatic heterocycles. The number of carboxylic acid groups (broad SMARTS) is 2. The molecule has 2 aliphatic heterocycles. The first-order chi connectivity index (χ1) is 27.1. The number of aliphatic imine (C=N–C) groups is 1. The van der Waals surface area contributed by atoms with Crippen LogP contribution in [0.5, 0.6) is 0 Å². The lowest BCUT2D eigenvalue weighted by atomic mass is 10.0. The molecular weight excluding hydrogens is 774 g/mol. The summed E-state index contributed by atoms with van der Waals surface area (Å²) in [5, 5.41) is 47.5. The molecule has 0 radical (unpaired) electrons. The summed E-state index contributed by atoms with van der Waals surface area (Å²) in [5.74, 6) is -6.66. The number of rotatable bonds is 28. The van der Waals surface area contributed by atoms with Crippen LogP contribution in [0.2, 0.25) is 0 Å². The minimum Gasteiger partial charge on any atom is -0.481 e. The van der Waals surface area contributed by atoms with Crippen molar-refractivity contribution in [3.05, 3.63) is 0 Å². The highest BCUT2D eigenvalue weighted by atomic mass is 32.2. The average Bonchev–Trinajstić information content (AvgIpc) is 3.71. The van der Waals surface area contributed by atoms with Crippen LogP contribution >= 0.6 is 11.8 Å². The van der Waals surface area contributed by atoms with Gasteiger partial charge < -0.3 is 69.3 Å². The van der Waals surface area contributed by atoms with Crippen LogP contribution in [-0.2, 0) is 38.4 Å². The van der Waals surface area contributed by atoms with Crippen molar-refractivity contribution in [3.63, 3.8) is 0 Å². The van der Waals surface area contributed by atoms with E-state index in [1.165, 1.54) is 0 Å². The summed E-state index contributed by atoms with van der Waals surface area (Å²) in [6.07, 6.45) is 4.18. The molecule has 0 aromatic rings. The highest BCUT2D eigenvalue weighted by Gasteiger charge is 2.42. The van der Waals surface area contributed by atoms with Crippen molar-refractivity contribution in [2.24, 2.45) is 16.5 Å². The number of hydrogen-bond donors (Lipinski definition) is 13. The summed E-state index contributed by atoms with van der Waals surface area (Å²) in [5.41, 5.74) is 10.6. The molecule has 0 aromatic carbocycles. The van der Waals surface area contributed by atoms with Gasteiger partial charge in [0.25, 0.3) is 0 Å². The van der Waals surface area contributed by atoms with E-state index in [1.54, 1.807) is 0 Å². The third kappa shape index (κ3) is 19.4. The van der Waals surface area contributed by atoms with E-state index in [9.17, 15) is 43.2 Å². The van der Waals surface area contributed by atoms with E-state index < -0.39 is 85.7 Å². The molecule has 15 N–H and O–H groups in total. The number of aliphatic hydroxyl groups excluding tert-OH is 1. The van der Waals surface area contributed by atoms with Gasteiger partial charge in [0, 0.05) is 36.9 Å². The van der Waals surface area contributed by atoms with Crippen LogP contribution in [0.15, 0.2) is 4.99 Å². The number of aliphatic carboxylic acids is 2. The maximum Gasteiger partial charge on any atom is 0.328 e. The second-order valence-electron chi connectivity index (χ2n) is 13.4. The number of unbranched alkanes of at least 4 members (excludes halogenated alkanes) is 3.